The number of amides is 1. The molecule has 0 atom stereocenters. The largest absolute Gasteiger partial charge is 0.493 e. The predicted octanol–water partition coefficient (Wildman–Crippen LogP) is 10.2. The zero-order chi connectivity index (χ0) is 37.2. The second kappa shape index (κ2) is 18.3. The van der Waals surface area contributed by atoms with Crippen molar-refractivity contribution in [3.63, 3.8) is 0 Å². The fourth-order valence-corrected chi connectivity index (χ4v) is 6.43. The normalized spacial score (nSPS) is 13.4. The van der Waals surface area contributed by atoms with E-state index in [-0.39, 0.29) is 5.91 Å². The Morgan fingerprint density at radius 2 is 1.55 bits per heavy atom. The number of aryl methyl sites for hydroxylation is 1. The fraction of sp³-hybridized carbons (Fsp3) is 0.273. The molecule has 1 aromatic heterocycles. The summed E-state index contributed by atoms with van der Waals surface area (Å²) in [5.74, 6) is 2.88. The zero-order valence-corrected chi connectivity index (χ0v) is 31.9. The Morgan fingerprint density at radius 1 is 0.830 bits per heavy atom. The van der Waals surface area contributed by atoms with E-state index in [2.05, 4.69) is 72.3 Å². The molecule has 1 saturated heterocycles. The van der Waals surface area contributed by atoms with Gasteiger partial charge in [0.25, 0.3) is 0 Å². The Hall–Kier alpha value is -4.82. The van der Waals surface area contributed by atoms with Gasteiger partial charge in [0.15, 0.2) is 0 Å². The highest BCUT2D eigenvalue weighted by Gasteiger charge is 2.20. The Balaban J connectivity index is 0.926. The molecule has 2 heterocycles. The minimum Gasteiger partial charge on any atom is -0.493 e. The van der Waals surface area contributed by atoms with Crippen molar-refractivity contribution in [3.05, 3.63) is 153 Å². The van der Waals surface area contributed by atoms with Crippen LogP contribution in [0.15, 0.2) is 109 Å². The molecule has 0 bridgehead atoms. The SMILES string of the molecule is Cc1cc(Oc2ccc(OCc3ccccc3Cl)cn2)c(Cl)cc1C=CC(=O)N1CCN(Cc2ccc(CCOc3ccc(C(C)C)cc3)cc2)CC1. The summed E-state index contributed by atoms with van der Waals surface area (Å²) in [6.45, 7) is 11.2. The number of aromatic nitrogens is 1. The van der Waals surface area contributed by atoms with Crippen LogP contribution in [-0.4, -0.2) is 53.5 Å². The molecule has 1 amide bonds. The molecule has 0 unspecified atom stereocenters. The molecule has 53 heavy (non-hydrogen) atoms. The van der Waals surface area contributed by atoms with Crippen molar-refractivity contribution >= 4 is 35.2 Å². The molecule has 1 fully saturated rings. The molecule has 1 aliphatic rings. The topological polar surface area (TPSA) is 64.1 Å². The maximum absolute atomic E-state index is 13.1. The molecule has 7 nitrogen and oxygen atoms in total. The Kier molecular flexibility index (Phi) is 13.1. The third-order valence-corrected chi connectivity index (χ3v) is 9.99. The first-order valence-corrected chi connectivity index (χ1v) is 18.8. The van der Waals surface area contributed by atoms with E-state index in [4.69, 9.17) is 37.4 Å². The van der Waals surface area contributed by atoms with Gasteiger partial charge >= 0.3 is 0 Å². The van der Waals surface area contributed by atoms with E-state index in [1.54, 1.807) is 30.5 Å². The lowest BCUT2D eigenvalue weighted by Gasteiger charge is -2.34. The van der Waals surface area contributed by atoms with Gasteiger partial charge in [0.2, 0.25) is 11.8 Å². The highest BCUT2D eigenvalue weighted by molar-refractivity contribution is 6.32. The van der Waals surface area contributed by atoms with E-state index in [0.29, 0.717) is 59.6 Å². The minimum atomic E-state index is -0.0102. The number of carbonyl (C=O) groups is 1. The fourth-order valence-electron chi connectivity index (χ4n) is 6.03. The highest BCUT2D eigenvalue weighted by Crippen LogP contribution is 2.32. The van der Waals surface area contributed by atoms with Gasteiger partial charge in [-0.05, 0) is 83.1 Å². The number of halogens is 2. The number of carbonyl (C=O) groups excluding carboxylic acids is 1. The molecule has 6 rings (SSSR count). The molecule has 0 spiro atoms. The maximum Gasteiger partial charge on any atom is 0.246 e. The average molecular weight is 751 g/mol. The number of rotatable bonds is 14. The third-order valence-electron chi connectivity index (χ3n) is 9.32. The lowest BCUT2D eigenvalue weighted by atomic mass is 10.0. The van der Waals surface area contributed by atoms with Crippen molar-refractivity contribution in [1.82, 2.24) is 14.8 Å². The van der Waals surface area contributed by atoms with Crippen LogP contribution in [0.25, 0.3) is 6.08 Å². The first-order valence-electron chi connectivity index (χ1n) is 18.0. The van der Waals surface area contributed by atoms with Crippen LogP contribution in [0.3, 0.4) is 0 Å². The summed E-state index contributed by atoms with van der Waals surface area (Å²) in [4.78, 5) is 21.7. The predicted molar refractivity (Wildman–Crippen MR) is 213 cm³/mol. The van der Waals surface area contributed by atoms with Gasteiger partial charge in [0.05, 0.1) is 17.8 Å². The van der Waals surface area contributed by atoms with E-state index in [1.165, 1.54) is 16.7 Å². The molecule has 4 aromatic carbocycles. The standard InChI is InChI=1S/C44H45Cl2N3O4/c1-31(2)35-12-15-38(16-13-35)51-25-20-33-8-10-34(11-9-33)29-48-21-23-49(24-22-48)44(50)19-14-36-27-41(46)42(26-32(36)3)53-43-18-17-39(28-47-43)52-30-37-6-4-5-7-40(37)45/h4-19,26-28,31H,20-25,29-30H2,1-3H3. The maximum atomic E-state index is 13.1. The summed E-state index contributed by atoms with van der Waals surface area (Å²) < 4.78 is 17.7. The molecule has 0 N–H and O–H groups in total. The molecule has 9 heteroatoms. The summed E-state index contributed by atoms with van der Waals surface area (Å²) >= 11 is 12.8. The van der Waals surface area contributed by atoms with Crippen molar-refractivity contribution < 1.29 is 19.0 Å². The first-order chi connectivity index (χ1) is 25.7. The zero-order valence-electron chi connectivity index (χ0n) is 30.4. The average Bonchev–Trinajstić information content (AvgIpc) is 3.17. The molecule has 0 aliphatic carbocycles. The van der Waals surface area contributed by atoms with Crippen LogP contribution >= 0.6 is 23.2 Å². The molecule has 1 aliphatic heterocycles. The summed E-state index contributed by atoms with van der Waals surface area (Å²) in [5, 5.41) is 1.08. The quantitative estimate of drug-likeness (QED) is 0.105. The number of hydrogen-bond acceptors (Lipinski definition) is 6. The molecule has 0 saturated carbocycles. The third kappa shape index (κ3) is 10.9. The molecule has 0 radical (unpaired) electrons. The van der Waals surface area contributed by atoms with Gasteiger partial charge in [-0.3, -0.25) is 9.69 Å². The van der Waals surface area contributed by atoms with Crippen LogP contribution in [-0.2, 0) is 24.4 Å². The van der Waals surface area contributed by atoms with Gasteiger partial charge in [0.1, 0.15) is 23.9 Å². The van der Waals surface area contributed by atoms with Crippen LogP contribution in [0.1, 0.15) is 53.1 Å². The summed E-state index contributed by atoms with van der Waals surface area (Å²) in [5.41, 5.74) is 6.51. The number of pyridine rings is 1. The van der Waals surface area contributed by atoms with Crippen molar-refractivity contribution in [2.75, 3.05) is 32.8 Å². The van der Waals surface area contributed by atoms with E-state index in [9.17, 15) is 4.79 Å². The number of ether oxygens (including phenoxy) is 3. The van der Waals surface area contributed by atoms with Crippen LogP contribution in [0.4, 0.5) is 0 Å². The van der Waals surface area contributed by atoms with Crippen LogP contribution < -0.4 is 14.2 Å². The molecule has 5 aromatic rings. The second-order valence-electron chi connectivity index (χ2n) is 13.5. The van der Waals surface area contributed by atoms with Gasteiger partial charge in [-0.2, -0.15) is 0 Å². The van der Waals surface area contributed by atoms with E-state index >= 15 is 0 Å². The molecule has 274 valence electrons. The number of piperazine rings is 1. The lowest BCUT2D eigenvalue weighted by Crippen LogP contribution is -2.47. The Bertz CT molecular complexity index is 1990. The highest BCUT2D eigenvalue weighted by atomic mass is 35.5. The van der Waals surface area contributed by atoms with E-state index in [0.717, 1.165) is 48.5 Å². The van der Waals surface area contributed by atoms with Crippen molar-refractivity contribution in [1.29, 1.82) is 0 Å². The second-order valence-corrected chi connectivity index (χ2v) is 14.3. The minimum absolute atomic E-state index is 0.0102. The Morgan fingerprint density at radius 3 is 2.25 bits per heavy atom. The number of nitrogens with zero attached hydrogens (tertiary/aromatic N) is 3. The molecular weight excluding hydrogens is 705 g/mol. The van der Waals surface area contributed by atoms with Crippen LogP contribution in [0.5, 0.6) is 23.1 Å². The van der Waals surface area contributed by atoms with Gasteiger partial charge < -0.3 is 19.1 Å². The number of hydrogen-bond donors (Lipinski definition) is 0. The van der Waals surface area contributed by atoms with Crippen molar-refractivity contribution in [3.8, 4) is 23.1 Å². The van der Waals surface area contributed by atoms with Gasteiger partial charge in [-0.25, -0.2) is 4.98 Å². The van der Waals surface area contributed by atoms with Crippen LogP contribution in [0, 0.1) is 6.92 Å². The van der Waals surface area contributed by atoms with E-state index in [1.807, 2.05) is 48.2 Å². The number of benzene rings is 4. The smallest absolute Gasteiger partial charge is 0.246 e. The van der Waals surface area contributed by atoms with E-state index < -0.39 is 0 Å². The van der Waals surface area contributed by atoms with Crippen LogP contribution in [0.2, 0.25) is 10.0 Å². The van der Waals surface area contributed by atoms with Gasteiger partial charge in [-0.15, -0.1) is 0 Å². The molecular formula is C44H45Cl2N3O4. The summed E-state index contributed by atoms with van der Waals surface area (Å²) in [6, 6.07) is 31.9. The van der Waals surface area contributed by atoms with Gasteiger partial charge in [0, 0.05) is 61.9 Å². The monoisotopic (exact) mass is 749 g/mol. The summed E-state index contributed by atoms with van der Waals surface area (Å²) in [7, 11) is 0. The first kappa shape index (κ1) is 37.9. The summed E-state index contributed by atoms with van der Waals surface area (Å²) in [6.07, 6.45) is 5.90. The van der Waals surface area contributed by atoms with Crippen molar-refractivity contribution in [2.45, 2.75) is 46.3 Å². The van der Waals surface area contributed by atoms with Gasteiger partial charge in [-0.1, -0.05) is 91.6 Å². The van der Waals surface area contributed by atoms with Crippen molar-refractivity contribution in [2.24, 2.45) is 0 Å². The lowest BCUT2D eigenvalue weighted by molar-refractivity contribution is -0.127. The Labute approximate surface area is 322 Å².